The standard InChI is InChI=1S/C19H21N5O3S/c1-3-13(2)14-6-8-15(9-7-14)20-17(25)12-27-18(26)11-24-22-19(21-23-24)16-5-4-10-28-16/h4-10,13H,3,11-12H2,1-2H3,(H,20,25)/t13-/m0/s1. The molecule has 0 saturated carbocycles. The molecule has 1 N–H and O–H groups in total. The molecule has 9 heteroatoms. The fourth-order valence-corrected chi connectivity index (χ4v) is 3.10. The summed E-state index contributed by atoms with van der Waals surface area (Å²) in [5.74, 6) is -0.106. The van der Waals surface area contributed by atoms with Crippen LogP contribution in [-0.2, 0) is 20.9 Å². The molecule has 1 amide bonds. The second-order valence-electron chi connectivity index (χ2n) is 6.26. The molecule has 0 aliphatic heterocycles. The molecular weight excluding hydrogens is 378 g/mol. The highest BCUT2D eigenvalue weighted by Crippen LogP contribution is 2.20. The van der Waals surface area contributed by atoms with E-state index in [2.05, 4.69) is 34.6 Å². The van der Waals surface area contributed by atoms with Gasteiger partial charge in [0.15, 0.2) is 13.2 Å². The highest BCUT2D eigenvalue weighted by molar-refractivity contribution is 7.13. The molecule has 146 valence electrons. The molecule has 0 saturated heterocycles. The molecule has 3 rings (SSSR count). The molecule has 0 unspecified atom stereocenters. The van der Waals surface area contributed by atoms with Gasteiger partial charge in [0.05, 0.1) is 4.88 Å². The van der Waals surface area contributed by atoms with Gasteiger partial charge in [-0.1, -0.05) is 32.0 Å². The van der Waals surface area contributed by atoms with Crippen molar-refractivity contribution in [1.82, 2.24) is 20.2 Å². The Bertz CT molecular complexity index is 921. The number of hydrogen-bond acceptors (Lipinski definition) is 7. The van der Waals surface area contributed by atoms with Crippen molar-refractivity contribution in [2.45, 2.75) is 32.7 Å². The van der Waals surface area contributed by atoms with Gasteiger partial charge < -0.3 is 10.1 Å². The van der Waals surface area contributed by atoms with Gasteiger partial charge in [-0.2, -0.15) is 4.80 Å². The number of amides is 1. The van der Waals surface area contributed by atoms with Crippen molar-refractivity contribution < 1.29 is 14.3 Å². The van der Waals surface area contributed by atoms with Crippen molar-refractivity contribution in [3.05, 3.63) is 47.3 Å². The van der Waals surface area contributed by atoms with Crippen LogP contribution in [0.1, 0.15) is 31.7 Å². The first-order chi connectivity index (χ1) is 13.5. The molecule has 8 nitrogen and oxygen atoms in total. The van der Waals surface area contributed by atoms with E-state index in [1.807, 2.05) is 41.8 Å². The van der Waals surface area contributed by atoms with E-state index in [-0.39, 0.29) is 13.2 Å². The Labute approximate surface area is 166 Å². The van der Waals surface area contributed by atoms with Gasteiger partial charge in [0.2, 0.25) is 5.82 Å². The topological polar surface area (TPSA) is 99.0 Å². The van der Waals surface area contributed by atoms with Gasteiger partial charge >= 0.3 is 5.97 Å². The maximum Gasteiger partial charge on any atom is 0.330 e. The van der Waals surface area contributed by atoms with Gasteiger partial charge in [-0.05, 0) is 46.7 Å². The maximum absolute atomic E-state index is 12.0. The largest absolute Gasteiger partial charge is 0.454 e. The van der Waals surface area contributed by atoms with Crippen molar-refractivity contribution in [3.63, 3.8) is 0 Å². The van der Waals surface area contributed by atoms with E-state index in [9.17, 15) is 9.59 Å². The number of rotatable bonds is 8. The number of thiophene rings is 1. The van der Waals surface area contributed by atoms with Gasteiger partial charge in [0.1, 0.15) is 0 Å². The van der Waals surface area contributed by atoms with E-state index < -0.39 is 11.9 Å². The minimum Gasteiger partial charge on any atom is -0.454 e. The SMILES string of the molecule is CC[C@H](C)c1ccc(NC(=O)COC(=O)Cn2nnc(-c3cccs3)n2)cc1. The average Bonchev–Trinajstić information content (AvgIpc) is 3.38. The van der Waals surface area contributed by atoms with Crippen molar-refractivity contribution in [3.8, 4) is 10.7 Å². The Hall–Kier alpha value is -3.07. The van der Waals surface area contributed by atoms with E-state index in [1.54, 1.807) is 0 Å². The van der Waals surface area contributed by atoms with E-state index in [0.29, 0.717) is 17.4 Å². The van der Waals surface area contributed by atoms with Gasteiger partial charge in [0.25, 0.3) is 5.91 Å². The molecule has 0 radical (unpaired) electrons. The molecule has 0 aliphatic rings. The lowest BCUT2D eigenvalue weighted by molar-refractivity contribution is -0.148. The summed E-state index contributed by atoms with van der Waals surface area (Å²) in [7, 11) is 0. The lowest BCUT2D eigenvalue weighted by atomic mass is 9.99. The molecule has 0 bridgehead atoms. The Morgan fingerprint density at radius 3 is 2.71 bits per heavy atom. The molecular formula is C19H21N5O3S. The maximum atomic E-state index is 12.0. The van der Waals surface area contributed by atoms with E-state index in [1.165, 1.54) is 16.9 Å². The first-order valence-electron chi connectivity index (χ1n) is 8.92. The number of carbonyl (C=O) groups is 2. The number of aromatic nitrogens is 4. The predicted molar refractivity (Wildman–Crippen MR) is 106 cm³/mol. The van der Waals surface area contributed by atoms with Crippen LogP contribution in [0.15, 0.2) is 41.8 Å². The zero-order chi connectivity index (χ0) is 19.9. The van der Waals surface area contributed by atoms with E-state index in [0.717, 1.165) is 16.1 Å². The van der Waals surface area contributed by atoms with Gasteiger partial charge in [-0.25, -0.2) is 4.79 Å². The quantitative estimate of drug-likeness (QED) is 0.585. The second kappa shape index (κ2) is 9.23. The summed E-state index contributed by atoms with van der Waals surface area (Å²) < 4.78 is 4.98. The monoisotopic (exact) mass is 399 g/mol. The highest BCUT2D eigenvalue weighted by atomic mass is 32.1. The van der Waals surface area contributed by atoms with Gasteiger partial charge in [-0.15, -0.1) is 21.5 Å². The molecule has 1 atom stereocenters. The Balaban J connectivity index is 1.44. The van der Waals surface area contributed by atoms with Gasteiger partial charge in [0, 0.05) is 5.69 Å². The summed E-state index contributed by atoms with van der Waals surface area (Å²) in [5, 5.41) is 16.4. The van der Waals surface area contributed by atoms with Crippen LogP contribution < -0.4 is 5.32 Å². The number of anilines is 1. The Kier molecular flexibility index (Phi) is 6.49. The van der Waals surface area contributed by atoms with Crippen LogP contribution >= 0.6 is 11.3 Å². The van der Waals surface area contributed by atoms with Gasteiger partial charge in [-0.3, -0.25) is 4.79 Å². The van der Waals surface area contributed by atoms with Crippen LogP contribution in [0.5, 0.6) is 0 Å². The first kappa shape index (κ1) is 19.7. The second-order valence-corrected chi connectivity index (χ2v) is 7.21. The van der Waals surface area contributed by atoms with Crippen LogP contribution in [-0.4, -0.2) is 38.7 Å². The fraction of sp³-hybridized carbons (Fsp3) is 0.316. The minimum atomic E-state index is -0.614. The molecule has 2 heterocycles. The van der Waals surface area contributed by atoms with Crippen LogP contribution in [0.4, 0.5) is 5.69 Å². The normalized spacial score (nSPS) is 11.8. The van der Waals surface area contributed by atoms with Crippen LogP contribution in [0.25, 0.3) is 10.7 Å². The Morgan fingerprint density at radius 2 is 2.04 bits per heavy atom. The van der Waals surface area contributed by atoms with E-state index >= 15 is 0 Å². The number of benzene rings is 1. The molecule has 0 fully saturated rings. The first-order valence-corrected chi connectivity index (χ1v) is 9.80. The van der Waals surface area contributed by atoms with Crippen molar-refractivity contribution in [1.29, 1.82) is 0 Å². The lowest BCUT2D eigenvalue weighted by Gasteiger charge is -2.10. The number of esters is 1. The van der Waals surface area contributed by atoms with Crippen molar-refractivity contribution in [2.24, 2.45) is 0 Å². The summed E-state index contributed by atoms with van der Waals surface area (Å²) in [6.07, 6.45) is 1.05. The fourth-order valence-electron chi connectivity index (χ4n) is 2.45. The zero-order valence-electron chi connectivity index (χ0n) is 15.7. The van der Waals surface area contributed by atoms with Crippen molar-refractivity contribution >= 4 is 28.9 Å². The number of hydrogen-bond donors (Lipinski definition) is 1. The molecule has 2 aromatic heterocycles. The number of nitrogens with one attached hydrogen (secondary N) is 1. The summed E-state index contributed by atoms with van der Waals surface area (Å²) in [4.78, 5) is 25.9. The third-order valence-electron chi connectivity index (χ3n) is 4.21. The number of nitrogens with zero attached hydrogens (tertiary/aromatic N) is 4. The molecule has 0 aliphatic carbocycles. The van der Waals surface area contributed by atoms with Crippen LogP contribution in [0, 0.1) is 0 Å². The Morgan fingerprint density at radius 1 is 1.25 bits per heavy atom. The average molecular weight is 399 g/mol. The highest BCUT2D eigenvalue weighted by Gasteiger charge is 2.13. The molecule has 0 spiro atoms. The zero-order valence-corrected chi connectivity index (χ0v) is 16.5. The number of carbonyl (C=O) groups excluding carboxylic acids is 2. The third-order valence-corrected chi connectivity index (χ3v) is 5.07. The summed E-state index contributed by atoms with van der Waals surface area (Å²) in [6, 6.07) is 11.4. The third kappa shape index (κ3) is 5.23. The molecule has 1 aromatic carbocycles. The summed E-state index contributed by atoms with van der Waals surface area (Å²) >= 11 is 1.48. The number of ether oxygens (including phenoxy) is 1. The minimum absolute atomic E-state index is 0.213. The van der Waals surface area contributed by atoms with E-state index in [4.69, 9.17) is 4.74 Å². The molecule has 28 heavy (non-hydrogen) atoms. The summed E-state index contributed by atoms with van der Waals surface area (Å²) in [5.41, 5.74) is 1.88. The van der Waals surface area contributed by atoms with Crippen LogP contribution in [0.3, 0.4) is 0 Å². The molecule has 3 aromatic rings. The number of tetrazole rings is 1. The smallest absolute Gasteiger partial charge is 0.330 e. The summed E-state index contributed by atoms with van der Waals surface area (Å²) in [6.45, 7) is 3.70. The lowest BCUT2D eigenvalue weighted by Crippen LogP contribution is -2.23. The predicted octanol–water partition coefficient (Wildman–Crippen LogP) is 3.10. The van der Waals surface area contributed by atoms with Crippen molar-refractivity contribution in [2.75, 3.05) is 11.9 Å². The van der Waals surface area contributed by atoms with Crippen LogP contribution in [0.2, 0.25) is 0 Å².